The highest BCUT2D eigenvalue weighted by molar-refractivity contribution is 5.99. The Hall–Kier alpha value is -4.32. The van der Waals surface area contributed by atoms with E-state index < -0.39 is 11.9 Å². The SMILES string of the molecule is COC(=O)c1ccc(-c2ccc(C(=O)OC)cc2-c2ncccc2C)c(-c2ncccc2C)c1. The van der Waals surface area contributed by atoms with Gasteiger partial charge >= 0.3 is 11.9 Å². The van der Waals surface area contributed by atoms with Crippen molar-refractivity contribution >= 4 is 11.9 Å². The number of nitrogens with zero attached hydrogens (tertiary/aromatic N) is 2. The summed E-state index contributed by atoms with van der Waals surface area (Å²) < 4.78 is 9.89. The van der Waals surface area contributed by atoms with Crippen LogP contribution in [0.3, 0.4) is 0 Å². The summed E-state index contributed by atoms with van der Waals surface area (Å²) in [7, 11) is 2.71. The highest BCUT2D eigenvalue weighted by Crippen LogP contribution is 2.39. The fourth-order valence-electron chi connectivity index (χ4n) is 3.98. The van der Waals surface area contributed by atoms with Crippen molar-refractivity contribution in [1.29, 1.82) is 0 Å². The molecule has 0 fully saturated rings. The molecule has 0 saturated heterocycles. The lowest BCUT2D eigenvalue weighted by Crippen LogP contribution is -2.04. The van der Waals surface area contributed by atoms with Crippen LogP contribution in [0.25, 0.3) is 33.6 Å². The van der Waals surface area contributed by atoms with Crippen LogP contribution in [0.5, 0.6) is 0 Å². The van der Waals surface area contributed by atoms with Crippen LogP contribution in [0.1, 0.15) is 31.8 Å². The molecule has 2 aromatic heterocycles. The summed E-state index contributed by atoms with van der Waals surface area (Å²) in [6.45, 7) is 3.95. The molecule has 6 heteroatoms. The third kappa shape index (κ3) is 4.30. The average Bonchev–Trinajstić information content (AvgIpc) is 2.87. The summed E-state index contributed by atoms with van der Waals surface area (Å²) in [5, 5.41) is 0. The molecule has 4 aromatic rings. The van der Waals surface area contributed by atoms with Gasteiger partial charge in [0.25, 0.3) is 0 Å². The molecule has 0 atom stereocenters. The molecule has 0 aliphatic carbocycles. The number of aryl methyl sites for hydroxylation is 2. The van der Waals surface area contributed by atoms with E-state index >= 15 is 0 Å². The van der Waals surface area contributed by atoms with Crippen LogP contribution < -0.4 is 0 Å². The summed E-state index contributed by atoms with van der Waals surface area (Å²) in [6, 6.07) is 18.5. The lowest BCUT2D eigenvalue weighted by atomic mass is 9.88. The first-order chi connectivity index (χ1) is 16.4. The molecule has 0 amide bonds. The standard InChI is InChI=1S/C28H24N2O4/c1-17-7-5-13-29-25(17)23-15-19(27(31)33-3)9-11-21(23)22-12-10-20(28(32)34-4)16-24(22)26-18(2)8-6-14-30-26/h5-16H,1-4H3. The van der Waals surface area contributed by atoms with Gasteiger partial charge in [0.1, 0.15) is 0 Å². The molecule has 170 valence electrons. The first-order valence-corrected chi connectivity index (χ1v) is 10.7. The van der Waals surface area contributed by atoms with Crippen molar-refractivity contribution in [2.75, 3.05) is 14.2 Å². The van der Waals surface area contributed by atoms with Crippen LogP contribution in [0.15, 0.2) is 73.1 Å². The van der Waals surface area contributed by atoms with Crippen LogP contribution in [-0.4, -0.2) is 36.1 Å². The minimum atomic E-state index is -0.428. The van der Waals surface area contributed by atoms with Gasteiger partial charge in [-0.05, 0) is 72.5 Å². The summed E-state index contributed by atoms with van der Waals surface area (Å²) in [5.41, 5.74) is 7.55. The molecule has 0 saturated carbocycles. The van der Waals surface area contributed by atoms with Gasteiger partial charge in [-0.1, -0.05) is 24.3 Å². The van der Waals surface area contributed by atoms with E-state index in [1.807, 2.05) is 50.2 Å². The van der Waals surface area contributed by atoms with E-state index in [0.717, 1.165) is 44.8 Å². The monoisotopic (exact) mass is 452 g/mol. The molecule has 0 spiro atoms. The Labute approximate surface area is 198 Å². The van der Waals surface area contributed by atoms with Crippen LogP contribution in [0.4, 0.5) is 0 Å². The number of aromatic nitrogens is 2. The highest BCUT2D eigenvalue weighted by atomic mass is 16.5. The Balaban J connectivity index is 2.04. The van der Waals surface area contributed by atoms with Crippen molar-refractivity contribution < 1.29 is 19.1 Å². The molecule has 6 nitrogen and oxygen atoms in total. The number of hydrogen-bond acceptors (Lipinski definition) is 6. The van der Waals surface area contributed by atoms with Gasteiger partial charge in [0.05, 0.1) is 36.7 Å². The third-order valence-electron chi connectivity index (χ3n) is 5.70. The summed E-state index contributed by atoms with van der Waals surface area (Å²) >= 11 is 0. The highest BCUT2D eigenvalue weighted by Gasteiger charge is 2.20. The maximum absolute atomic E-state index is 12.3. The van der Waals surface area contributed by atoms with Gasteiger partial charge in [0, 0.05) is 23.5 Å². The van der Waals surface area contributed by atoms with Gasteiger partial charge in [-0.15, -0.1) is 0 Å². The average molecular weight is 453 g/mol. The van der Waals surface area contributed by atoms with Gasteiger partial charge in [-0.25, -0.2) is 9.59 Å². The molecule has 0 unspecified atom stereocenters. The number of carbonyl (C=O) groups excluding carboxylic acids is 2. The van der Waals surface area contributed by atoms with Gasteiger partial charge in [0.15, 0.2) is 0 Å². The predicted octanol–water partition coefficient (Wildman–Crippen LogP) is 5.67. The Bertz CT molecular complexity index is 1290. The number of methoxy groups -OCH3 is 2. The number of hydrogen-bond donors (Lipinski definition) is 0. The Morgan fingerprint density at radius 1 is 0.618 bits per heavy atom. The van der Waals surface area contributed by atoms with E-state index in [0.29, 0.717) is 11.1 Å². The van der Waals surface area contributed by atoms with Crippen LogP contribution in [0, 0.1) is 13.8 Å². The van der Waals surface area contributed by atoms with E-state index in [-0.39, 0.29) is 0 Å². The quantitative estimate of drug-likeness (QED) is 0.363. The number of esters is 2. The van der Waals surface area contributed by atoms with Gasteiger partial charge in [0.2, 0.25) is 0 Å². The van der Waals surface area contributed by atoms with Crippen LogP contribution >= 0.6 is 0 Å². The second kappa shape index (κ2) is 9.67. The summed E-state index contributed by atoms with van der Waals surface area (Å²) in [4.78, 5) is 33.8. The zero-order chi connectivity index (χ0) is 24.2. The Morgan fingerprint density at radius 3 is 1.38 bits per heavy atom. The first kappa shape index (κ1) is 22.9. The van der Waals surface area contributed by atoms with E-state index in [2.05, 4.69) is 9.97 Å². The summed E-state index contributed by atoms with van der Waals surface area (Å²) in [6.07, 6.45) is 3.45. The van der Waals surface area contributed by atoms with Crippen LogP contribution in [0.2, 0.25) is 0 Å². The van der Waals surface area contributed by atoms with Crippen molar-refractivity contribution in [3.63, 3.8) is 0 Å². The van der Waals surface area contributed by atoms with E-state index in [9.17, 15) is 9.59 Å². The molecule has 0 bridgehead atoms. The largest absolute Gasteiger partial charge is 0.465 e. The van der Waals surface area contributed by atoms with E-state index in [1.54, 1.807) is 36.7 Å². The molecular weight excluding hydrogens is 428 g/mol. The van der Waals surface area contributed by atoms with Gasteiger partial charge in [-0.3, -0.25) is 9.97 Å². The zero-order valence-electron chi connectivity index (χ0n) is 19.5. The first-order valence-electron chi connectivity index (χ1n) is 10.7. The molecule has 4 rings (SSSR count). The second-order valence-electron chi connectivity index (χ2n) is 7.84. The number of benzene rings is 2. The normalized spacial score (nSPS) is 10.6. The fraction of sp³-hybridized carbons (Fsp3) is 0.143. The summed E-state index contributed by atoms with van der Waals surface area (Å²) in [5.74, 6) is -0.855. The smallest absolute Gasteiger partial charge is 0.337 e. The molecule has 0 N–H and O–H groups in total. The topological polar surface area (TPSA) is 78.4 Å². The second-order valence-corrected chi connectivity index (χ2v) is 7.84. The van der Waals surface area contributed by atoms with Crippen molar-refractivity contribution in [3.8, 4) is 33.6 Å². The van der Waals surface area contributed by atoms with Gasteiger partial charge in [-0.2, -0.15) is 0 Å². The molecular formula is C28H24N2O4. The fourth-order valence-corrected chi connectivity index (χ4v) is 3.98. The minimum absolute atomic E-state index is 0.424. The molecule has 0 aliphatic rings. The zero-order valence-corrected chi connectivity index (χ0v) is 19.5. The molecule has 34 heavy (non-hydrogen) atoms. The van der Waals surface area contributed by atoms with Gasteiger partial charge < -0.3 is 9.47 Å². The van der Waals surface area contributed by atoms with Crippen molar-refractivity contribution in [3.05, 3.63) is 95.3 Å². The lowest BCUT2D eigenvalue weighted by Gasteiger charge is -2.17. The molecule has 2 heterocycles. The third-order valence-corrected chi connectivity index (χ3v) is 5.70. The lowest BCUT2D eigenvalue weighted by molar-refractivity contribution is 0.0592. The maximum Gasteiger partial charge on any atom is 0.337 e. The molecule has 2 aromatic carbocycles. The van der Waals surface area contributed by atoms with Crippen molar-refractivity contribution in [2.45, 2.75) is 13.8 Å². The van der Waals surface area contributed by atoms with E-state index in [4.69, 9.17) is 9.47 Å². The number of pyridine rings is 2. The van der Waals surface area contributed by atoms with Crippen molar-refractivity contribution in [2.24, 2.45) is 0 Å². The molecule has 0 aliphatic heterocycles. The van der Waals surface area contributed by atoms with Crippen LogP contribution in [-0.2, 0) is 9.47 Å². The van der Waals surface area contributed by atoms with Crippen molar-refractivity contribution in [1.82, 2.24) is 9.97 Å². The minimum Gasteiger partial charge on any atom is -0.465 e. The number of rotatable bonds is 5. The van der Waals surface area contributed by atoms with E-state index in [1.165, 1.54) is 14.2 Å². The maximum atomic E-state index is 12.3. The Morgan fingerprint density at radius 2 is 1.03 bits per heavy atom. The number of ether oxygens (including phenoxy) is 2. The Kier molecular flexibility index (Phi) is 6.50. The molecule has 0 radical (unpaired) electrons. The number of carbonyl (C=O) groups is 2. The predicted molar refractivity (Wildman–Crippen MR) is 130 cm³/mol.